The molecule has 1 aromatic rings. The van der Waals surface area contributed by atoms with Gasteiger partial charge in [0.2, 0.25) is 0 Å². The van der Waals surface area contributed by atoms with Crippen LogP contribution in [0.5, 0.6) is 5.75 Å². The van der Waals surface area contributed by atoms with Crippen molar-refractivity contribution >= 4 is 12.6 Å². The van der Waals surface area contributed by atoms with E-state index >= 15 is 0 Å². The van der Waals surface area contributed by atoms with Crippen LogP contribution < -0.4 is 10.2 Å². The quantitative estimate of drug-likeness (QED) is 0.526. The van der Waals surface area contributed by atoms with E-state index in [0.717, 1.165) is 12.0 Å². The van der Waals surface area contributed by atoms with Gasteiger partial charge >= 0.3 is 7.12 Å². The van der Waals surface area contributed by atoms with E-state index in [2.05, 4.69) is 0 Å². The molecule has 4 nitrogen and oxygen atoms in total. The highest BCUT2D eigenvalue weighted by molar-refractivity contribution is 6.59. The van der Waals surface area contributed by atoms with Crippen molar-refractivity contribution in [2.45, 2.75) is 13.3 Å². The lowest BCUT2D eigenvalue weighted by molar-refractivity contribution is 0.0516. The summed E-state index contributed by atoms with van der Waals surface area (Å²) in [5.41, 5.74) is 1.43. The van der Waals surface area contributed by atoms with Gasteiger partial charge in [0.05, 0.1) is 0 Å². The van der Waals surface area contributed by atoms with Crippen LogP contribution in [0.25, 0.3) is 0 Å². The first-order valence-electron chi connectivity index (χ1n) is 4.79. The molecule has 0 unspecified atom stereocenters. The predicted molar refractivity (Wildman–Crippen MR) is 58.1 cm³/mol. The highest BCUT2D eigenvalue weighted by atomic mass is 16.7. The molecule has 15 heavy (non-hydrogen) atoms. The maximum atomic E-state index is 9.10. The van der Waals surface area contributed by atoms with Crippen molar-refractivity contribution in [3.05, 3.63) is 23.8 Å². The fraction of sp³-hybridized carbons (Fsp3) is 0.400. The number of rotatable bonds is 5. The Morgan fingerprint density at radius 3 is 2.60 bits per heavy atom. The van der Waals surface area contributed by atoms with Crippen molar-refractivity contribution in [3.8, 4) is 5.75 Å². The van der Waals surface area contributed by atoms with Crippen molar-refractivity contribution in [3.63, 3.8) is 0 Å². The lowest BCUT2D eigenvalue weighted by Gasteiger charge is -2.11. The first-order valence-corrected chi connectivity index (χ1v) is 4.79. The molecule has 0 saturated heterocycles. The van der Waals surface area contributed by atoms with Crippen LogP contribution in [0.4, 0.5) is 0 Å². The smallest absolute Gasteiger partial charge is 0.468 e. The van der Waals surface area contributed by atoms with Crippen LogP contribution in [0.15, 0.2) is 18.2 Å². The van der Waals surface area contributed by atoms with Crippen molar-refractivity contribution < 1.29 is 19.5 Å². The number of hydrogen-bond acceptors (Lipinski definition) is 4. The monoisotopic (exact) mass is 210 g/mol. The van der Waals surface area contributed by atoms with Crippen LogP contribution in [-0.2, 0) is 11.2 Å². The van der Waals surface area contributed by atoms with Gasteiger partial charge in [0.15, 0.2) is 6.79 Å². The van der Waals surface area contributed by atoms with E-state index in [1.54, 1.807) is 12.1 Å². The highest BCUT2D eigenvalue weighted by Crippen LogP contribution is 2.12. The van der Waals surface area contributed by atoms with Gasteiger partial charge in [-0.15, -0.1) is 0 Å². The van der Waals surface area contributed by atoms with Crippen molar-refractivity contribution in [1.82, 2.24) is 0 Å². The Morgan fingerprint density at radius 2 is 2.07 bits per heavy atom. The van der Waals surface area contributed by atoms with Crippen molar-refractivity contribution in [2.24, 2.45) is 0 Å². The second kappa shape index (κ2) is 5.75. The van der Waals surface area contributed by atoms with Gasteiger partial charge in [0, 0.05) is 12.6 Å². The van der Waals surface area contributed by atoms with Gasteiger partial charge in [0.1, 0.15) is 5.75 Å². The lowest BCUT2D eigenvalue weighted by Crippen LogP contribution is -2.31. The molecule has 0 aromatic heterocycles. The summed E-state index contributed by atoms with van der Waals surface area (Å²) in [7, 11) is -0.0126. The Labute approximate surface area is 89.6 Å². The molecule has 0 spiro atoms. The molecule has 0 bridgehead atoms. The molecule has 0 aliphatic rings. The van der Waals surface area contributed by atoms with Crippen LogP contribution in [-0.4, -0.2) is 31.1 Å². The third kappa shape index (κ3) is 3.23. The fourth-order valence-corrected chi connectivity index (χ4v) is 1.26. The van der Waals surface area contributed by atoms with Crippen molar-refractivity contribution in [1.29, 1.82) is 0 Å². The fourth-order valence-electron chi connectivity index (χ4n) is 1.26. The summed E-state index contributed by atoms with van der Waals surface area (Å²) >= 11 is 0. The Hall–Kier alpha value is -1.04. The molecule has 1 rings (SSSR count). The Morgan fingerprint density at radius 1 is 1.33 bits per heavy atom. The van der Waals surface area contributed by atoms with Gasteiger partial charge in [-0.05, 0) is 18.1 Å². The van der Waals surface area contributed by atoms with Crippen molar-refractivity contribution in [2.75, 3.05) is 13.9 Å². The Kier molecular flexibility index (Phi) is 4.61. The number of aryl methyl sites for hydroxylation is 1. The van der Waals surface area contributed by atoms with Crippen LogP contribution in [0.1, 0.15) is 12.5 Å². The van der Waals surface area contributed by atoms with Gasteiger partial charge in [-0.3, -0.25) is 0 Å². The van der Waals surface area contributed by atoms with Crippen LogP contribution in [0.2, 0.25) is 0 Å². The summed E-state index contributed by atoms with van der Waals surface area (Å²) in [6, 6.07) is 5.27. The molecular weight excluding hydrogens is 195 g/mol. The van der Waals surface area contributed by atoms with E-state index in [9.17, 15) is 0 Å². The van der Waals surface area contributed by atoms with Gasteiger partial charge < -0.3 is 19.5 Å². The van der Waals surface area contributed by atoms with E-state index in [1.165, 1.54) is 7.11 Å². The van der Waals surface area contributed by atoms with E-state index < -0.39 is 7.12 Å². The zero-order valence-electron chi connectivity index (χ0n) is 8.93. The number of methoxy groups -OCH3 is 1. The van der Waals surface area contributed by atoms with Gasteiger partial charge in [-0.1, -0.05) is 19.1 Å². The summed E-state index contributed by atoms with van der Waals surface area (Å²) in [4.78, 5) is 0. The highest BCUT2D eigenvalue weighted by Gasteiger charge is 2.17. The molecule has 0 aliphatic carbocycles. The molecule has 5 heteroatoms. The normalized spacial score (nSPS) is 10.1. The van der Waals surface area contributed by atoms with Crippen LogP contribution >= 0.6 is 0 Å². The Bertz CT molecular complexity index is 314. The average molecular weight is 210 g/mol. The third-order valence-corrected chi connectivity index (χ3v) is 2.10. The Balaban J connectivity index is 2.94. The molecule has 0 amide bonds. The minimum absolute atomic E-state index is 0.0902. The van der Waals surface area contributed by atoms with E-state index in [4.69, 9.17) is 19.5 Å². The SMILES string of the molecule is CCc1ccc(B(O)O)c(OCOC)c1. The predicted octanol–water partition coefficient (Wildman–Crippen LogP) is -0.0885. The maximum absolute atomic E-state index is 9.10. The third-order valence-electron chi connectivity index (χ3n) is 2.10. The molecule has 82 valence electrons. The largest absolute Gasteiger partial charge is 0.492 e. The molecule has 0 atom stereocenters. The summed E-state index contributed by atoms with van der Waals surface area (Å²) in [6.07, 6.45) is 0.866. The standard InChI is InChI=1S/C10H15BO4/c1-3-8-4-5-9(11(12)13)10(6-8)15-7-14-2/h4-6,12-13H,3,7H2,1-2H3. The number of hydrogen-bond donors (Lipinski definition) is 2. The molecule has 0 radical (unpaired) electrons. The second-order valence-corrected chi connectivity index (χ2v) is 3.15. The average Bonchev–Trinajstić information content (AvgIpc) is 2.25. The molecule has 0 saturated carbocycles. The van der Waals surface area contributed by atoms with Gasteiger partial charge in [-0.25, -0.2) is 0 Å². The van der Waals surface area contributed by atoms with Crippen LogP contribution in [0, 0.1) is 0 Å². The first kappa shape index (κ1) is 12.0. The summed E-state index contributed by atoms with van der Waals surface area (Å²) < 4.78 is 10.0. The molecule has 2 N–H and O–H groups in total. The zero-order valence-corrected chi connectivity index (χ0v) is 8.93. The summed E-state index contributed by atoms with van der Waals surface area (Å²) in [5, 5.41) is 18.2. The van der Waals surface area contributed by atoms with Crippen LogP contribution in [0.3, 0.4) is 0 Å². The van der Waals surface area contributed by atoms with Gasteiger partial charge in [-0.2, -0.15) is 0 Å². The molecule has 0 fully saturated rings. The minimum atomic E-state index is -1.53. The molecule has 0 aliphatic heterocycles. The molecular formula is C10H15BO4. The molecule has 0 heterocycles. The summed E-state index contributed by atoms with van der Waals surface area (Å²) in [6.45, 7) is 2.11. The summed E-state index contributed by atoms with van der Waals surface area (Å²) in [5.74, 6) is 0.450. The lowest BCUT2D eigenvalue weighted by atomic mass is 9.79. The maximum Gasteiger partial charge on any atom is 0.492 e. The second-order valence-electron chi connectivity index (χ2n) is 3.15. The zero-order chi connectivity index (χ0) is 11.3. The topological polar surface area (TPSA) is 58.9 Å². The number of ether oxygens (including phenoxy) is 2. The minimum Gasteiger partial charge on any atom is -0.468 e. The number of benzene rings is 1. The van der Waals surface area contributed by atoms with E-state index in [1.807, 2.05) is 13.0 Å². The van der Waals surface area contributed by atoms with Gasteiger partial charge in [0.25, 0.3) is 0 Å². The van der Waals surface area contributed by atoms with E-state index in [-0.39, 0.29) is 6.79 Å². The first-order chi connectivity index (χ1) is 7.19. The van der Waals surface area contributed by atoms with E-state index in [0.29, 0.717) is 11.2 Å². The molecule has 1 aromatic carbocycles.